The van der Waals surface area contributed by atoms with Crippen LogP contribution in [0, 0.1) is 0 Å². The maximum Gasteiger partial charge on any atom is 0.148 e. The van der Waals surface area contributed by atoms with Gasteiger partial charge < -0.3 is 0 Å². The van der Waals surface area contributed by atoms with E-state index in [4.69, 9.17) is 11.6 Å². The van der Waals surface area contributed by atoms with Crippen LogP contribution in [0.5, 0.6) is 0 Å². The minimum Gasteiger partial charge on any atom is -0.298 e. The van der Waals surface area contributed by atoms with Crippen LogP contribution in [0.15, 0.2) is 0 Å². The number of nitrogens with zero attached hydrogens (tertiary/aromatic N) is 1. The average molecular weight is 240 g/mol. The van der Waals surface area contributed by atoms with Crippen molar-refractivity contribution in [2.24, 2.45) is 0 Å². The average Bonchev–Trinajstić information content (AvgIpc) is 1.95. The lowest BCUT2D eigenvalue weighted by Gasteiger charge is -2.37. The van der Waals surface area contributed by atoms with Crippen LogP contribution >= 0.6 is 11.6 Å². The summed E-state index contributed by atoms with van der Waals surface area (Å²) < 4.78 is 22.0. The molecule has 0 amide bonds. The van der Waals surface area contributed by atoms with E-state index in [-0.39, 0.29) is 5.75 Å². The van der Waals surface area contributed by atoms with Crippen molar-refractivity contribution < 1.29 is 8.42 Å². The summed E-state index contributed by atoms with van der Waals surface area (Å²) in [6, 6.07) is 0.579. The minimum absolute atomic E-state index is 0.250. The first-order valence-electron chi connectivity index (χ1n) is 5.00. The highest BCUT2D eigenvalue weighted by Crippen LogP contribution is 2.24. The number of hydrogen-bond donors (Lipinski definition) is 0. The Kier molecular flexibility index (Phi) is 4.67. The summed E-state index contributed by atoms with van der Waals surface area (Å²) in [5.74, 6) is 0.834. The minimum atomic E-state index is -2.84. The van der Waals surface area contributed by atoms with Crippen molar-refractivity contribution in [1.82, 2.24) is 4.90 Å². The topological polar surface area (TPSA) is 37.4 Å². The molecule has 0 aromatic rings. The van der Waals surface area contributed by atoms with Gasteiger partial charge in [0.1, 0.15) is 9.84 Å². The van der Waals surface area contributed by atoms with E-state index in [1.165, 1.54) is 25.5 Å². The molecule has 1 fully saturated rings. The van der Waals surface area contributed by atoms with E-state index >= 15 is 0 Å². The zero-order valence-corrected chi connectivity index (χ0v) is 10.1. The summed E-state index contributed by atoms with van der Waals surface area (Å²) in [7, 11) is -2.84. The molecule has 0 aliphatic heterocycles. The number of rotatable bonds is 6. The van der Waals surface area contributed by atoms with Crippen LogP contribution in [-0.4, -0.2) is 50.3 Å². The molecule has 0 heterocycles. The molecule has 1 aliphatic carbocycles. The number of sulfone groups is 1. The number of alkyl halides is 1. The largest absolute Gasteiger partial charge is 0.298 e. The van der Waals surface area contributed by atoms with Gasteiger partial charge in [-0.25, -0.2) is 8.42 Å². The fraction of sp³-hybridized carbons (Fsp3) is 1.00. The molecular formula is C9H18ClNO2S. The van der Waals surface area contributed by atoms with Crippen LogP contribution < -0.4 is 0 Å². The van der Waals surface area contributed by atoms with Crippen molar-refractivity contribution in [2.75, 3.05) is 31.0 Å². The molecule has 1 saturated carbocycles. The molecule has 0 spiro atoms. The first-order valence-corrected chi connectivity index (χ1v) is 7.60. The Balaban J connectivity index is 2.35. The molecule has 14 heavy (non-hydrogen) atoms. The second kappa shape index (κ2) is 5.33. The van der Waals surface area contributed by atoms with E-state index in [0.717, 1.165) is 6.54 Å². The third-order valence-electron chi connectivity index (χ3n) is 2.71. The summed E-state index contributed by atoms with van der Waals surface area (Å²) in [4.78, 5) is 2.21. The highest BCUT2D eigenvalue weighted by atomic mass is 35.5. The van der Waals surface area contributed by atoms with Crippen LogP contribution in [0.25, 0.3) is 0 Å². The predicted molar refractivity (Wildman–Crippen MR) is 59.6 cm³/mol. The second-order valence-electron chi connectivity index (χ2n) is 3.94. The first-order chi connectivity index (χ1) is 6.53. The van der Waals surface area contributed by atoms with Crippen LogP contribution in [0.3, 0.4) is 0 Å². The SMILES string of the molecule is CS(=O)(=O)CCN(CCCl)C1CCC1. The lowest BCUT2D eigenvalue weighted by molar-refractivity contribution is 0.143. The summed E-state index contributed by atoms with van der Waals surface area (Å²) in [5, 5.41) is 0. The summed E-state index contributed by atoms with van der Waals surface area (Å²) in [6.45, 7) is 1.44. The van der Waals surface area contributed by atoms with Gasteiger partial charge in [0.05, 0.1) is 5.75 Å². The fourth-order valence-corrected chi connectivity index (χ4v) is 2.40. The third kappa shape index (κ3) is 4.15. The van der Waals surface area contributed by atoms with Crippen LogP contribution in [0.1, 0.15) is 19.3 Å². The molecule has 0 N–H and O–H groups in total. The molecule has 0 bridgehead atoms. The molecule has 1 aliphatic rings. The maximum atomic E-state index is 11.0. The van der Waals surface area contributed by atoms with Crippen molar-refractivity contribution in [3.05, 3.63) is 0 Å². The van der Waals surface area contributed by atoms with Gasteiger partial charge in [0, 0.05) is 31.3 Å². The normalized spacial score (nSPS) is 18.5. The van der Waals surface area contributed by atoms with Gasteiger partial charge in [0.2, 0.25) is 0 Å². The van der Waals surface area contributed by atoms with Gasteiger partial charge in [-0.3, -0.25) is 4.90 Å². The lowest BCUT2D eigenvalue weighted by Crippen LogP contribution is -2.43. The molecule has 3 nitrogen and oxygen atoms in total. The zero-order chi connectivity index (χ0) is 10.6. The van der Waals surface area contributed by atoms with E-state index in [2.05, 4.69) is 4.90 Å². The van der Waals surface area contributed by atoms with E-state index < -0.39 is 9.84 Å². The second-order valence-corrected chi connectivity index (χ2v) is 6.58. The van der Waals surface area contributed by atoms with E-state index in [1.807, 2.05) is 0 Å². The Labute approximate surface area is 91.3 Å². The van der Waals surface area contributed by atoms with E-state index in [9.17, 15) is 8.42 Å². The Bertz CT molecular complexity index is 262. The molecule has 0 saturated heterocycles. The standard InChI is InChI=1S/C9H18ClNO2S/c1-14(12,13)8-7-11(6-5-10)9-3-2-4-9/h9H,2-8H2,1H3. The van der Waals surface area contributed by atoms with Gasteiger partial charge in [0.25, 0.3) is 0 Å². The lowest BCUT2D eigenvalue weighted by atomic mass is 9.91. The quantitative estimate of drug-likeness (QED) is 0.652. The van der Waals surface area contributed by atoms with Crippen molar-refractivity contribution in [2.45, 2.75) is 25.3 Å². The Morgan fingerprint density at radius 1 is 1.36 bits per heavy atom. The highest BCUT2D eigenvalue weighted by molar-refractivity contribution is 7.90. The smallest absolute Gasteiger partial charge is 0.148 e. The van der Waals surface area contributed by atoms with E-state index in [1.54, 1.807) is 0 Å². The van der Waals surface area contributed by atoms with Crippen LogP contribution in [0.2, 0.25) is 0 Å². The van der Waals surface area contributed by atoms with E-state index in [0.29, 0.717) is 18.5 Å². The van der Waals surface area contributed by atoms with Gasteiger partial charge in [-0.15, -0.1) is 11.6 Å². The molecule has 0 atom stereocenters. The zero-order valence-electron chi connectivity index (χ0n) is 8.58. The van der Waals surface area contributed by atoms with Gasteiger partial charge >= 0.3 is 0 Å². The summed E-state index contributed by atoms with van der Waals surface area (Å²) in [5.41, 5.74) is 0. The van der Waals surface area contributed by atoms with Crippen LogP contribution in [-0.2, 0) is 9.84 Å². The predicted octanol–water partition coefficient (Wildman–Crippen LogP) is 1.12. The molecule has 0 radical (unpaired) electrons. The van der Waals surface area contributed by atoms with Crippen LogP contribution in [0.4, 0.5) is 0 Å². The van der Waals surface area contributed by atoms with Crippen molar-refractivity contribution in [1.29, 1.82) is 0 Å². The molecule has 5 heteroatoms. The Morgan fingerprint density at radius 3 is 2.36 bits per heavy atom. The molecule has 0 unspecified atom stereocenters. The van der Waals surface area contributed by atoms with Gasteiger partial charge in [-0.05, 0) is 12.8 Å². The maximum absolute atomic E-state index is 11.0. The summed E-state index contributed by atoms with van der Waals surface area (Å²) in [6.07, 6.45) is 4.94. The molecule has 0 aromatic heterocycles. The number of hydrogen-bond acceptors (Lipinski definition) is 3. The van der Waals surface area contributed by atoms with Crippen molar-refractivity contribution >= 4 is 21.4 Å². The number of halogens is 1. The molecule has 1 rings (SSSR count). The van der Waals surface area contributed by atoms with Gasteiger partial charge in [-0.1, -0.05) is 6.42 Å². The van der Waals surface area contributed by atoms with Crippen molar-refractivity contribution in [3.63, 3.8) is 0 Å². The van der Waals surface area contributed by atoms with Gasteiger partial charge in [-0.2, -0.15) is 0 Å². The monoisotopic (exact) mass is 239 g/mol. The van der Waals surface area contributed by atoms with Crippen molar-refractivity contribution in [3.8, 4) is 0 Å². The molecule has 0 aromatic carbocycles. The fourth-order valence-electron chi connectivity index (χ4n) is 1.62. The third-order valence-corrected chi connectivity index (χ3v) is 3.81. The summed E-state index contributed by atoms with van der Waals surface area (Å²) >= 11 is 5.68. The highest BCUT2D eigenvalue weighted by Gasteiger charge is 2.24. The Hall–Kier alpha value is 0.200. The van der Waals surface area contributed by atoms with Gasteiger partial charge in [0.15, 0.2) is 0 Å². The Morgan fingerprint density at radius 2 is 2.00 bits per heavy atom. The molecule has 84 valence electrons. The first kappa shape index (κ1) is 12.3. The molecular weight excluding hydrogens is 222 g/mol.